The molecular formula is C17H14N4O6S. The number of fused-ring (bicyclic) bond motifs is 1. The average molecular weight is 402 g/mol. The van der Waals surface area contributed by atoms with Gasteiger partial charge in [0.2, 0.25) is 11.8 Å². The third-order valence-corrected chi connectivity index (χ3v) is 5.55. The Bertz CT molecular complexity index is 977. The molecule has 2 aliphatic rings. The third kappa shape index (κ3) is 2.85. The van der Waals surface area contributed by atoms with Crippen LogP contribution in [0.4, 0.5) is 10.7 Å². The predicted octanol–water partition coefficient (Wildman–Crippen LogP) is 0.988. The van der Waals surface area contributed by atoms with Crippen LogP contribution < -0.4 is 10.6 Å². The number of carbonyl (C=O) groups excluding carboxylic acids is 3. The van der Waals surface area contributed by atoms with Gasteiger partial charge in [-0.1, -0.05) is 29.5 Å². The lowest BCUT2D eigenvalue weighted by Gasteiger charge is -2.25. The Morgan fingerprint density at radius 2 is 1.96 bits per heavy atom. The quantitative estimate of drug-likeness (QED) is 0.447. The molecule has 3 unspecified atom stereocenters. The topological polar surface area (TPSA) is 136 Å². The Morgan fingerprint density at radius 3 is 2.57 bits per heavy atom. The predicted molar refractivity (Wildman–Crippen MR) is 96.9 cm³/mol. The molecule has 11 heteroatoms. The van der Waals surface area contributed by atoms with Gasteiger partial charge in [0.15, 0.2) is 6.10 Å². The molecular weight excluding hydrogens is 388 g/mol. The molecule has 3 heterocycles. The number of hydrogen-bond acceptors (Lipinski definition) is 8. The monoisotopic (exact) mass is 402 g/mol. The van der Waals surface area contributed by atoms with E-state index in [1.54, 1.807) is 30.3 Å². The highest BCUT2D eigenvalue weighted by atomic mass is 32.1. The molecule has 0 spiro atoms. The molecule has 144 valence electrons. The third-order valence-electron chi connectivity index (χ3n) is 4.65. The molecule has 2 aromatic rings. The van der Waals surface area contributed by atoms with Crippen molar-refractivity contribution >= 4 is 39.7 Å². The number of primary amides is 1. The summed E-state index contributed by atoms with van der Waals surface area (Å²) in [6, 6.07) is 8.89. The van der Waals surface area contributed by atoms with E-state index in [2.05, 4.69) is 0 Å². The number of amides is 3. The van der Waals surface area contributed by atoms with Gasteiger partial charge in [-0.15, -0.1) is 0 Å². The van der Waals surface area contributed by atoms with Crippen LogP contribution in [0, 0.1) is 16.0 Å². The van der Waals surface area contributed by atoms with Gasteiger partial charge in [-0.25, -0.2) is 4.90 Å². The van der Waals surface area contributed by atoms with Crippen molar-refractivity contribution in [2.45, 2.75) is 12.1 Å². The Balaban J connectivity index is 1.73. The molecule has 2 N–H and O–H groups in total. The summed E-state index contributed by atoms with van der Waals surface area (Å²) in [5.74, 6) is -2.70. The summed E-state index contributed by atoms with van der Waals surface area (Å²) < 4.78 is 0. The fourth-order valence-corrected chi connectivity index (χ4v) is 4.31. The number of thiophene rings is 1. The maximum absolute atomic E-state index is 13.1. The minimum Gasteiger partial charge on any atom is -0.368 e. The minimum atomic E-state index is -1.13. The molecule has 2 fully saturated rings. The largest absolute Gasteiger partial charge is 0.368 e. The van der Waals surface area contributed by atoms with Gasteiger partial charge in [0.25, 0.3) is 5.91 Å². The fraction of sp³-hybridized carbons (Fsp3) is 0.235. The van der Waals surface area contributed by atoms with E-state index >= 15 is 0 Å². The van der Waals surface area contributed by atoms with Gasteiger partial charge in [-0.2, -0.15) is 5.06 Å². The van der Waals surface area contributed by atoms with Gasteiger partial charge in [-0.3, -0.25) is 29.3 Å². The Hall–Kier alpha value is -3.15. The van der Waals surface area contributed by atoms with E-state index in [9.17, 15) is 24.5 Å². The van der Waals surface area contributed by atoms with E-state index in [0.717, 1.165) is 16.2 Å². The number of carbonyl (C=O) groups is 3. The zero-order valence-corrected chi connectivity index (χ0v) is 15.1. The molecule has 0 aliphatic carbocycles. The smallest absolute Gasteiger partial charge is 0.324 e. The van der Waals surface area contributed by atoms with Crippen LogP contribution in [0.3, 0.4) is 0 Å². The van der Waals surface area contributed by atoms with E-state index in [1.807, 2.05) is 0 Å². The Morgan fingerprint density at radius 1 is 1.25 bits per heavy atom. The van der Waals surface area contributed by atoms with Crippen molar-refractivity contribution in [1.29, 1.82) is 0 Å². The highest BCUT2D eigenvalue weighted by Gasteiger charge is 2.60. The SMILES string of the molecule is NC(=O)CN1OC2C(=O)N(c3ccccc3)C(=O)C2C1c1csc([N+](=O)[O-])c1. The van der Waals surface area contributed by atoms with Crippen molar-refractivity contribution in [3.05, 3.63) is 57.5 Å². The van der Waals surface area contributed by atoms with Crippen LogP contribution in [-0.2, 0) is 19.2 Å². The van der Waals surface area contributed by atoms with Crippen molar-refractivity contribution in [3.63, 3.8) is 0 Å². The van der Waals surface area contributed by atoms with Crippen LogP contribution in [0.1, 0.15) is 11.6 Å². The lowest BCUT2D eigenvalue weighted by molar-refractivity contribution is -0.380. The molecule has 0 radical (unpaired) electrons. The maximum Gasteiger partial charge on any atom is 0.324 e. The number of nitro groups is 1. The summed E-state index contributed by atoms with van der Waals surface area (Å²) in [6.07, 6.45) is -1.13. The molecule has 4 rings (SSSR count). The van der Waals surface area contributed by atoms with Crippen LogP contribution in [0.5, 0.6) is 0 Å². The normalized spacial score (nSPS) is 24.6. The first-order valence-electron chi connectivity index (χ1n) is 8.26. The number of para-hydroxylation sites is 1. The first kappa shape index (κ1) is 18.2. The number of rotatable bonds is 5. The van der Waals surface area contributed by atoms with Crippen molar-refractivity contribution in [2.24, 2.45) is 11.7 Å². The first-order valence-corrected chi connectivity index (χ1v) is 9.14. The van der Waals surface area contributed by atoms with Gasteiger partial charge in [0.1, 0.15) is 6.54 Å². The van der Waals surface area contributed by atoms with E-state index < -0.39 is 40.7 Å². The number of hydroxylamine groups is 2. The summed E-state index contributed by atoms with van der Waals surface area (Å²) in [4.78, 5) is 54.5. The maximum atomic E-state index is 13.1. The van der Waals surface area contributed by atoms with Crippen LogP contribution in [-0.4, -0.2) is 40.4 Å². The van der Waals surface area contributed by atoms with Gasteiger partial charge in [0.05, 0.1) is 22.6 Å². The minimum absolute atomic E-state index is 0.117. The molecule has 0 saturated carbocycles. The van der Waals surface area contributed by atoms with Gasteiger partial charge >= 0.3 is 5.00 Å². The molecule has 2 aliphatic heterocycles. The Labute approximate surface area is 162 Å². The van der Waals surface area contributed by atoms with Gasteiger partial charge < -0.3 is 5.73 Å². The van der Waals surface area contributed by atoms with Gasteiger partial charge in [0, 0.05) is 11.4 Å². The van der Waals surface area contributed by atoms with Crippen LogP contribution in [0.15, 0.2) is 41.8 Å². The van der Waals surface area contributed by atoms with Gasteiger partial charge in [-0.05, 0) is 17.7 Å². The van der Waals surface area contributed by atoms with Crippen molar-refractivity contribution in [1.82, 2.24) is 5.06 Å². The second-order valence-electron chi connectivity index (χ2n) is 6.36. The van der Waals surface area contributed by atoms with Crippen molar-refractivity contribution in [3.8, 4) is 0 Å². The fourth-order valence-electron chi connectivity index (χ4n) is 3.55. The van der Waals surface area contributed by atoms with E-state index in [0.29, 0.717) is 11.3 Å². The zero-order valence-electron chi connectivity index (χ0n) is 14.3. The lowest BCUT2D eigenvalue weighted by atomic mass is 9.92. The molecule has 2 saturated heterocycles. The molecule has 10 nitrogen and oxygen atoms in total. The number of nitrogens with two attached hydrogens (primary N) is 1. The molecule has 3 amide bonds. The molecule has 3 atom stereocenters. The van der Waals surface area contributed by atoms with E-state index in [-0.39, 0.29) is 11.5 Å². The van der Waals surface area contributed by atoms with E-state index in [4.69, 9.17) is 10.6 Å². The molecule has 0 bridgehead atoms. The van der Waals surface area contributed by atoms with Crippen molar-refractivity contribution < 1.29 is 24.1 Å². The lowest BCUT2D eigenvalue weighted by Crippen LogP contribution is -2.40. The highest BCUT2D eigenvalue weighted by molar-refractivity contribution is 7.13. The highest BCUT2D eigenvalue weighted by Crippen LogP contribution is 2.46. The number of anilines is 1. The van der Waals surface area contributed by atoms with Crippen LogP contribution in [0.2, 0.25) is 0 Å². The second kappa shape index (κ2) is 6.78. The van der Waals surface area contributed by atoms with Crippen LogP contribution >= 0.6 is 11.3 Å². The first-order chi connectivity index (χ1) is 13.4. The Kier molecular flexibility index (Phi) is 4.41. The van der Waals surface area contributed by atoms with Crippen LogP contribution in [0.25, 0.3) is 0 Å². The summed E-state index contributed by atoms with van der Waals surface area (Å²) in [6.45, 7) is -0.354. The summed E-state index contributed by atoms with van der Waals surface area (Å²) >= 11 is 0.891. The average Bonchev–Trinajstić information content (AvgIpc) is 3.31. The summed E-state index contributed by atoms with van der Waals surface area (Å²) in [5.41, 5.74) is 6.08. The zero-order chi connectivity index (χ0) is 20.0. The molecule has 28 heavy (non-hydrogen) atoms. The van der Waals surface area contributed by atoms with E-state index in [1.165, 1.54) is 16.5 Å². The number of hydrogen-bond donors (Lipinski definition) is 1. The molecule has 1 aromatic heterocycles. The second-order valence-corrected chi connectivity index (χ2v) is 7.25. The summed E-state index contributed by atoms with van der Waals surface area (Å²) in [5, 5.41) is 13.6. The number of imide groups is 1. The number of benzene rings is 1. The number of nitrogens with zero attached hydrogens (tertiary/aromatic N) is 3. The standard InChI is InChI=1S/C17H14N4O6S/c18-11(22)7-19-14(9-6-12(21(25)26)28-8-9)13-15(27-19)17(24)20(16(13)23)10-4-2-1-3-5-10/h1-6,8,13-15H,7H2,(H2,18,22). The molecule has 1 aromatic carbocycles. The summed E-state index contributed by atoms with van der Waals surface area (Å²) in [7, 11) is 0. The van der Waals surface area contributed by atoms with Crippen molar-refractivity contribution in [2.75, 3.05) is 11.4 Å².